The minimum absolute atomic E-state index is 0.0918. The Labute approximate surface area is 107 Å². The zero-order valence-corrected chi connectivity index (χ0v) is 10.3. The summed E-state index contributed by atoms with van der Waals surface area (Å²) in [4.78, 5) is 11.8. The molecule has 18 heavy (non-hydrogen) atoms. The Morgan fingerprint density at radius 1 is 1.06 bits per heavy atom. The lowest BCUT2D eigenvalue weighted by Gasteiger charge is -2.01. The molecular formula is C16H15NO. The number of benzene rings is 2. The van der Waals surface area contributed by atoms with Crippen molar-refractivity contribution in [1.82, 2.24) is 5.32 Å². The van der Waals surface area contributed by atoms with E-state index in [0.29, 0.717) is 5.56 Å². The van der Waals surface area contributed by atoms with Crippen molar-refractivity contribution < 1.29 is 4.79 Å². The van der Waals surface area contributed by atoms with Crippen LogP contribution in [0.2, 0.25) is 0 Å². The fraction of sp³-hybridized carbons (Fsp3) is 0.0625. The van der Waals surface area contributed by atoms with E-state index in [1.165, 1.54) is 0 Å². The number of carbonyl (C=O) groups is 1. The van der Waals surface area contributed by atoms with Crippen molar-refractivity contribution in [3.8, 4) is 0 Å². The van der Waals surface area contributed by atoms with Crippen molar-refractivity contribution in [2.45, 2.75) is 6.92 Å². The van der Waals surface area contributed by atoms with Crippen molar-refractivity contribution in [2.75, 3.05) is 0 Å². The molecule has 2 nitrogen and oxygen atoms in total. The van der Waals surface area contributed by atoms with Crippen LogP contribution in [0.4, 0.5) is 0 Å². The van der Waals surface area contributed by atoms with Gasteiger partial charge in [0, 0.05) is 11.8 Å². The van der Waals surface area contributed by atoms with Gasteiger partial charge in [0.2, 0.25) is 0 Å². The van der Waals surface area contributed by atoms with Crippen LogP contribution in [0, 0.1) is 6.92 Å². The molecule has 2 rings (SSSR count). The largest absolute Gasteiger partial charge is 0.329 e. The van der Waals surface area contributed by atoms with Crippen molar-refractivity contribution in [2.24, 2.45) is 0 Å². The van der Waals surface area contributed by atoms with E-state index in [2.05, 4.69) is 5.32 Å². The number of hydrogen-bond donors (Lipinski definition) is 1. The van der Waals surface area contributed by atoms with Crippen LogP contribution in [0.25, 0.3) is 6.08 Å². The summed E-state index contributed by atoms with van der Waals surface area (Å²) in [5.41, 5.74) is 2.81. The van der Waals surface area contributed by atoms with Crippen molar-refractivity contribution >= 4 is 12.0 Å². The van der Waals surface area contributed by atoms with E-state index in [0.717, 1.165) is 11.1 Å². The molecule has 90 valence electrons. The average molecular weight is 237 g/mol. The zero-order valence-electron chi connectivity index (χ0n) is 10.3. The molecule has 2 aromatic carbocycles. The smallest absolute Gasteiger partial charge is 0.255 e. The van der Waals surface area contributed by atoms with Crippen LogP contribution < -0.4 is 5.32 Å². The molecule has 0 bridgehead atoms. The summed E-state index contributed by atoms with van der Waals surface area (Å²) < 4.78 is 0. The molecule has 0 saturated carbocycles. The molecule has 0 aromatic heterocycles. The molecule has 0 aliphatic carbocycles. The Morgan fingerprint density at radius 3 is 2.56 bits per heavy atom. The SMILES string of the molecule is Cc1cccc(C(=O)NC=Cc2ccccc2)c1. The highest BCUT2D eigenvalue weighted by Crippen LogP contribution is 2.04. The van der Waals surface area contributed by atoms with Crippen molar-refractivity contribution in [3.63, 3.8) is 0 Å². The molecule has 0 radical (unpaired) electrons. The van der Waals surface area contributed by atoms with Gasteiger partial charge in [0.05, 0.1) is 0 Å². The lowest BCUT2D eigenvalue weighted by atomic mass is 10.1. The van der Waals surface area contributed by atoms with Crippen molar-refractivity contribution in [1.29, 1.82) is 0 Å². The summed E-state index contributed by atoms with van der Waals surface area (Å²) in [5, 5.41) is 2.76. The Balaban J connectivity index is 1.99. The van der Waals surface area contributed by atoms with E-state index in [-0.39, 0.29) is 5.91 Å². The topological polar surface area (TPSA) is 29.1 Å². The summed E-state index contributed by atoms with van der Waals surface area (Å²) in [7, 11) is 0. The first-order valence-electron chi connectivity index (χ1n) is 5.85. The standard InChI is InChI=1S/C16H15NO/c1-13-6-5-9-15(12-13)16(18)17-11-10-14-7-3-2-4-8-14/h2-12H,1H3,(H,17,18). The molecule has 0 unspecified atom stereocenters. The Bertz CT molecular complexity index is 558. The third-order valence-corrected chi connectivity index (χ3v) is 2.57. The van der Waals surface area contributed by atoms with Gasteiger partial charge in [0.1, 0.15) is 0 Å². The maximum atomic E-state index is 11.8. The number of nitrogens with one attached hydrogen (secondary N) is 1. The predicted octanol–water partition coefficient (Wildman–Crippen LogP) is 3.40. The molecule has 0 fully saturated rings. The summed E-state index contributed by atoms with van der Waals surface area (Å²) >= 11 is 0. The number of rotatable bonds is 3. The highest BCUT2D eigenvalue weighted by Gasteiger charge is 2.01. The second kappa shape index (κ2) is 5.82. The van der Waals surface area contributed by atoms with Gasteiger partial charge in [-0.2, -0.15) is 0 Å². The molecule has 0 spiro atoms. The molecule has 0 aliphatic heterocycles. The minimum Gasteiger partial charge on any atom is -0.329 e. The molecule has 1 amide bonds. The van der Waals surface area contributed by atoms with Crippen molar-refractivity contribution in [3.05, 3.63) is 77.5 Å². The third kappa shape index (κ3) is 3.32. The molecular weight excluding hydrogens is 222 g/mol. The molecule has 0 saturated heterocycles. The van der Waals surface area contributed by atoms with Crippen LogP contribution >= 0.6 is 0 Å². The van der Waals surface area contributed by atoms with Crippen LogP contribution in [0.15, 0.2) is 60.8 Å². The quantitative estimate of drug-likeness (QED) is 0.871. The monoisotopic (exact) mass is 237 g/mol. The van der Waals surface area contributed by atoms with Crippen LogP contribution in [0.5, 0.6) is 0 Å². The fourth-order valence-electron chi connectivity index (χ4n) is 1.65. The van der Waals surface area contributed by atoms with Gasteiger partial charge >= 0.3 is 0 Å². The average Bonchev–Trinajstić information content (AvgIpc) is 2.40. The molecule has 2 heteroatoms. The van der Waals surface area contributed by atoms with Gasteiger partial charge in [-0.15, -0.1) is 0 Å². The zero-order chi connectivity index (χ0) is 12.8. The molecule has 0 aliphatic rings. The van der Waals surface area contributed by atoms with Crippen LogP contribution in [-0.4, -0.2) is 5.91 Å². The summed E-state index contributed by atoms with van der Waals surface area (Å²) in [5.74, 6) is -0.0918. The number of carbonyl (C=O) groups excluding carboxylic acids is 1. The van der Waals surface area contributed by atoms with Crippen LogP contribution in [0.1, 0.15) is 21.5 Å². The Kier molecular flexibility index (Phi) is 3.92. The van der Waals surface area contributed by atoms with Gasteiger partial charge in [-0.1, -0.05) is 48.0 Å². The van der Waals surface area contributed by atoms with E-state index in [4.69, 9.17) is 0 Å². The van der Waals surface area contributed by atoms with Gasteiger partial charge in [0.25, 0.3) is 5.91 Å². The lowest BCUT2D eigenvalue weighted by molar-refractivity contribution is 0.0970. The van der Waals surface area contributed by atoms with E-state index in [1.54, 1.807) is 12.3 Å². The first-order valence-corrected chi connectivity index (χ1v) is 5.85. The van der Waals surface area contributed by atoms with Gasteiger partial charge in [0.15, 0.2) is 0 Å². The molecule has 2 aromatic rings. The molecule has 0 heterocycles. The molecule has 1 N–H and O–H groups in total. The normalized spacial score (nSPS) is 10.5. The number of amides is 1. The highest BCUT2D eigenvalue weighted by atomic mass is 16.1. The summed E-state index contributed by atoms with van der Waals surface area (Å²) in [6, 6.07) is 17.4. The van der Waals surface area contributed by atoms with E-state index < -0.39 is 0 Å². The van der Waals surface area contributed by atoms with E-state index >= 15 is 0 Å². The Hall–Kier alpha value is -2.35. The Morgan fingerprint density at radius 2 is 1.83 bits per heavy atom. The summed E-state index contributed by atoms with van der Waals surface area (Å²) in [6.45, 7) is 1.97. The van der Waals surface area contributed by atoms with Gasteiger partial charge in [-0.25, -0.2) is 0 Å². The summed E-state index contributed by atoms with van der Waals surface area (Å²) in [6.07, 6.45) is 3.54. The first-order chi connectivity index (χ1) is 8.75. The van der Waals surface area contributed by atoms with Crippen LogP contribution in [-0.2, 0) is 0 Å². The maximum Gasteiger partial charge on any atom is 0.255 e. The lowest BCUT2D eigenvalue weighted by Crippen LogP contribution is -2.16. The second-order valence-electron chi connectivity index (χ2n) is 4.09. The fourth-order valence-corrected chi connectivity index (χ4v) is 1.65. The second-order valence-corrected chi connectivity index (χ2v) is 4.09. The van der Waals surface area contributed by atoms with Gasteiger partial charge in [-0.3, -0.25) is 4.79 Å². The highest BCUT2D eigenvalue weighted by molar-refractivity contribution is 5.95. The van der Waals surface area contributed by atoms with E-state index in [9.17, 15) is 4.79 Å². The third-order valence-electron chi connectivity index (χ3n) is 2.57. The number of aryl methyl sites for hydroxylation is 1. The number of hydrogen-bond acceptors (Lipinski definition) is 1. The van der Waals surface area contributed by atoms with Gasteiger partial charge < -0.3 is 5.32 Å². The maximum absolute atomic E-state index is 11.8. The van der Waals surface area contributed by atoms with E-state index in [1.807, 2.05) is 61.5 Å². The molecule has 0 atom stereocenters. The predicted molar refractivity (Wildman–Crippen MR) is 74.1 cm³/mol. The minimum atomic E-state index is -0.0918. The first kappa shape index (κ1) is 12.1. The van der Waals surface area contributed by atoms with Crippen LogP contribution in [0.3, 0.4) is 0 Å². The van der Waals surface area contributed by atoms with Gasteiger partial charge in [-0.05, 0) is 30.7 Å².